The van der Waals surface area contributed by atoms with Crippen LogP contribution in [0.2, 0.25) is 0 Å². The monoisotopic (exact) mass is 261 g/mol. The Morgan fingerprint density at radius 1 is 1.37 bits per heavy atom. The Kier molecular flexibility index (Phi) is 3.69. The molecule has 1 aromatic heterocycles. The lowest BCUT2D eigenvalue weighted by Gasteiger charge is -2.28. The SMILES string of the molecule is CCC1CCCC(c2nc3c(c(=O)[nH]2)CNCC3)C1. The number of hydrogen-bond donors (Lipinski definition) is 2. The molecule has 3 rings (SSSR count). The van der Waals surface area contributed by atoms with Crippen LogP contribution in [0.15, 0.2) is 4.79 Å². The largest absolute Gasteiger partial charge is 0.312 e. The van der Waals surface area contributed by atoms with E-state index in [2.05, 4.69) is 17.2 Å². The minimum absolute atomic E-state index is 0.0748. The number of H-pyrrole nitrogens is 1. The zero-order chi connectivity index (χ0) is 13.2. The molecule has 0 saturated heterocycles. The molecule has 0 radical (unpaired) electrons. The number of aromatic nitrogens is 2. The van der Waals surface area contributed by atoms with Crippen molar-refractivity contribution in [2.24, 2.45) is 5.92 Å². The summed E-state index contributed by atoms with van der Waals surface area (Å²) in [6.07, 6.45) is 7.11. The van der Waals surface area contributed by atoms with Gasteiger partial charge in [0.25, 0.3) is 5.56 Å². The lowest BCUT2D eigenvalue weighted by molar-refractivity contribution is 0.306. The van der Waals surface area contributed by atoms with E-state index < -0.39 is 0 Å². The van der Waals surface area contributed by atoms with Crippen molar-refractivity contribution in [1.82, 2.24) is 15.3 Å². The van der Waals surface area contributed by atoms with Crippen molar-refractivity contribution in [3.05, 3.63) is 27.4 Å². The number of hydrogen-bond acceptors (Lipinski definition) is 3. The first-order valence-electron chi connectivity index (χ1n) is 7.60. The van der Waals surface area contributed by atoms with Crippen LogP contribution in [-0.4, -0.2) is 16.5 Å². The highest BCUT2D eigenvalue weighted by atomic mass is 16.1. The smallest absolute Gasteiger partial charge is 0.255 e. The first kappa shape index (κ1) is 12.9. The summed E-state index contributed by atoms with van der Waals surface area (Å²) in [4.78, 5) is 20.0. The highest BCUT2D eigenvalue weighted by molar-refractivity contribution is 5.21. The fourth-order valence-corrected chi connectivity index (χ4v) is 3.48. The minimum atomic E-state index is 0.0748. The van der Waals surface area contributed by atoms with Crippen molar-refractivity contribution in [1.29, 1.82) is 0 Å². The Bertz CT molecular complexity index is 509. The standard InChI is InChI=1S/C15H23N3O/c1-2-10-4-3-5-11(8-10)14-17-13-6-7-16-9-12(13)15(19)18-14/h10-11,16H,2-9H2,1H3,(H,17,18,19). The Hall–Kier alpha value is -1.16. The Morgan fingerprint density at radius 3 is 3.11 bits per heavy atom. The van der Waals surface area contributed by atoms with E-state index in [4.69, 9.17) is 4.98 Å². The maximum atomic E-state index is 12.1. The van der Waals surface area contributed by atoms with Crippen molar-refractivity contribution in [3.8, 4) is 0 Å². The van der Waals surface area contributed by atoms with Gasteiger partial charge in [-0.05, 0) is 18.8 Å². The molecule has 1 aromatic rings. The van der Waals surface area contributed by atoms with Gasteiger partial charge in [-0.1, -0.05) is 26.2 Å². The van der Waals surface area contributed by atoms with E-state index in [-0.39, 0.29) is 5.56 Å². The molecule has 2 atom stereocenters. The Morgan fingerprint density at radius 2 is 2.26 bits per heavy atom. The summed E-state index contributed by atoms with van der Waals surface area (Å²) in [5, 5.41) is 3.24. The minimum Gasteiger partial charge on any atom is -0.312 e. The molecule has 4 heteroatoms. The molecule has 0 aromatic carbocycles. The van der Waals surface area contributed by atoms with Gasteiger partial charge in [0.05, 0.1) is 11.3 Å². The third-order valence-electron chi connectivity index (χ3n) is 4.71. The van der Waals surface area contributed by atoms with Crippen LogP contribution >= 0.6 is 0 Å². The van der Waals surface area contributed by atoms with Crippen LogP contribution < -0.4 is 10.9 Å². The third kappa shape index (κ3) is 2.59. The molecule has 4 nitrogen and oxygen atoms in total. The molecule has 1 aliphatic carbocycles. The first-order valence-corrected chi connectivity index (χ1v) is 7.60. The van der Waals surface area contributed by atoms with Crippen LogP contribution in [0.25, 0.3) is 0 Å². The highest BCUT2D eigenvalue weighted by Crippen LogP contribution is 2.35. The molecule has 1 saturated carbocycles. The quantitative estimate of drug-likeness (QED) is 0.857. The van der Waals surface area contributed by atoms with E-state index in [1.54, 1.807) is 0 Å². The normalized spacial score (nSPS) is 27.0. The summed E-state index contributed by atoms with van der Waals surface area (Å²) >= 11 is 0. The summed E-state index contributed by atoms with van der Waals surface area (Å²) in [5.41, 5.74) is 1.94. The van der Waals surface area contributed by atoms with E-state index in [0.29, 0.717) is 12.5 Å². The fraction of sp³-hybridized carbons (Fsp3) is 0.733. The van der Waals surface area contributed by atoms with Crippen LogP contribution in [-0.2, 0) is 13.0 Å². The van der Waals surface area contributed by atoms with Crippen LogP contribution in [0.5, 0.6) is 0 Å². The highest BCUT2D eigenvalue weighted by Gasteiger charge is 2.25. The van der Waals surface area contributed by atoms with Gasteiger partial charge >= 0.3 is 0 Å². The lowest BCUT2D eigenvalue weighted by atomic mass is 9.80. The van der Waals surface area contributed by atoms with Gasteiger partial charge in [-0.15, -0.1) is 0 Å². The van der Waals surface area contributed by atoms with Gasteiger partial charge in [0, 0.05) is 25.4 Å². The first-order chi connectivity index (χ1) is 9.28. The maximum absolute atomic E-state index is 12.1. The number of rotatable bonds is 2. The number of nitrogens with one attached hydrogen (secondary N) is 2. The van der Waals surface area contributed by atoms with Crippen molar-refractivity contribution in [3.63, 3.8) is 0 Å². The number of fused-ring (bicyclic) bond motifs is 1. The van der Waals surface area contributed by atoms with Gasteiger partial charge in [-0.3, -0.25) is 4.79 Å². The zero-order valence-corrected chi connectivity index (χ0v) is 11.7. The van der Waals surface area contributed by atoms with Crippen LogP contribution in [0.3, 0.4) is 0 Å². The van der Waals surface area contributed by atoms with E-state index in [1.807, 2.05) is 0 Å². The molecular weight excluding hydrogens is 238 g/mol. The third-order valence-corrected chi connectivity index (χ3v) is 4.71. The van der Waals surface area contributed by atoms with Crippen LogP contribution in [0.1, 0.15) is 62.0 Å². The van der Waals surface area contributed by atoms with Crippen molar-refractivity contribution < 1.29 is 0 Å². The molecule has 2 aliphatic rings. The van der Waals surface area contributed by atoms with Gasteiger partial charge in [-0.25, -0.2) is 4.98 Å². The second-order valence-corrected chi connectivity index (χ2v) is 5.94. The van der Waals surface area contributed by atoms with Crippen LogP contribution in [0.4, 0.5) is 0 Å². The predicted molar refractivity (Wildman–Crippen MR) is 75.3 cm³/mol. The molecule has 0 bridgehead atoms. The van der Waals surface area contributed by atoms with E-state index in [0.717, 1.165) is 36.0 Å². The number of nitrogens with zero attached hydrogens (tertiary/aromatic N) is 1. The summed E-state index contributed by atoms with van der Waals surface area (Å²) in [6, 6.07) is 0. The molecule has 2 N–H and O–H groups in total. The maximum Gasteiger partial charge on any atom is 0.255 e. The summed E-state index contributed by atoms with van der Waals surface area (Å²) in [6.45, 7) is 3.87. The lowest BCUT2D eigenvalue weighted by Crippen LogP contribution is -2.33. The van der Waals surface area contributed by atoms with Crippen LogP contribution in [0, 0.1) is 5.92 Å². The average Bonchev–Trinajstić information content (AvgIpc) is 2.47. The van der Waals surface area contributed by atoms with Crippen molar-refractivity contribution >= 4 is 0 Å². The second kappa shape index (κ2) is 5.45. The predicted octanol–water partition coefficient (Wildman–Crippen LogP) is 2.10. The number of aromatic amines is 1. The molecular formula is C15H23N3O. The molecule has 104 valence electrons. The summed E-state index contributed by atoms with van der Waals surface area (Å²) in [7, 11) is 0. The molecule has 0 amide bonds. The summed E-state index contributed by atoms with van der Waals surface area (Å²) in [5.74, 6) is 2.22. The van der Waals surface area contributed by atoms with E-state index in [1.165, 1.54) is 32.1 Å². The molecule has 0 spiro atoms. The topological polar surface area (TPSA) is 57.8 Å². The molecule has 1 aliphatic heterocycles. The van der Waals surface area contributed by atoms with Gasteiger partial charge < -0.3 is 10.3 Å². The van der Waals surface area contributed by atoms with E-state index >= 15 is 0 Å². The molecule has 19 heavy (non-hydrogen) atoms. The average molecular weight is 261 g/mol. The van der Waals surface area contributed by atoms with Gasteiger partial charge in [-0.2, -0.15) is 0 Å². The molecule has 2 heterocycles. The van der Waals surface area contributed by atoms with Crippen molar-refractivity contribution in [2.45, 2.75) is 57.9 Å². The molecule has 2 unspecified atom stereocenters. The zero-order valence-electron chi connectivity index (χ0n) is 11.7. The van der Waals surface area contributed by atoms with Gasteiger partial charge in [0.1, 0.15) is 5.82 Å². The van der Waals surface area contributed by atoms with Gasteiger partial charge in [0.15, 0.2) is 0 Å². The second-order valence-electron chi connectivity index (χ2n) is 5.94. The molecule has 1 fully saturated rings. The fourth-order valence-electron chi connectivity index (χ4n) is 3.48. The van der Waals surface area contributed by atoms with Crippen molar-refractivity contribution in [2.75, 3.05) is 6.54 Å². The van der Waals surface area contributed by atoms with E-state index in [9.17, 15) is 4.79 Å². The Labute approximate surface area is 114 Å². The van der Waals surface area contributed by atoms with Gasteiger partial charge in [0.2, 0.25) is 0 Å². The summed E-state index contributed by atoms with van der Waals surface area (Å²) < 4.78 is 0. The Balaban J connectivity index is 1.88.